The van der Waals surface area contributed by atoms with Crippen LogP contribution in [0.3, 0.4) is 0 Å². The molecule has 1 aliphatic carbocycles. The van der Waals surface area contributed by atoms with Gasteiger partial charge in [-0.3, -0.25) is 4.68 Å². The van der Waals surface area contributed by atoms with Crippen LogP contribution in [0.5, 0.6) is 5.75 Å². The lowest BCUT2D eigenvalue weighted by Crippen LogP contribution is -2.32. The van der Waals surface area contributed by atoms with Gasteiger partial charge in [0.1, 0.15) is 0 Å². The van der Waals surface area contributed by atoms with Crippen molar-refractivity contribution >= 4 is 0 Å². The van der Waals surface area contributed by atoms with Crippen LogP contribution in [0.1, 0.15) is 37.4 Å². The summed E-state index contributed by atoms with van der Waals surface area (Å²) in [5, 5.41) is 4.10. The number of rotatable bonds is 3. The highest BCUT2D eigenvalue weighted by atomic mass is 19.3. The molecular formula is C12H19F2N3O. The van der Waals surface area contributed by atoms with Gasteiger partial charge in [0.05, 0.1) is 25.0 Å². The smallest absolute Gasteiger partial charge is 0.248 e. The monoisotopic (exact) mass is 259 g/mol. The van der Waals surface area contributed by atoms with Crippen LogP contribution >= 0.6 is 0 Å². The zero-order chi connectivity index (χ0) is 13.3. The van der Waals surface area contributed by atoms with Gasteiger partial charge in [-0.2, -0.15) is 5.10 Å². The predicted octanol–water partition coefficient (Wildman–Crippen LogP) is 2.25. The van der Waals surface area contributed by atoms with Crippen LogP contribution in [-0.4, -0.2) is 22.8 Å². The molecule has 0 aromatic carbocycles. The van der Waals surface area contributed by atoms with E-state index in [-0.39, 0.29) is 24.8 Å². The molecule has 18 heavy (non-hydrogen) atoms. The number of aromatic nitrogens is 2. The van der Waals surface area contributed by atoms with E-state index < -0.39 is 5.92 Å². The lowest BCUT2D eigenvalue weighted by molar-refractivity contribution is -0.0486. The Labute approximate surface area is 105 Å². The first kappa shape index (κ1) is 13.3. The van der Waals surface area contributed by atoms with E-state index in [4.69, 9.17) is 10.5 Å². The van der Waals surface area contributed by atoms with E-state index >= 15 is 0 Å². The zero-order valence-electron chi connectivity index (χ0n) is 10.7. The summed E-state index contributed by atoms with van der Waals surface area (Å²) in [4.78, 5) is 0. The Bertz CT molecular complexity index is 409. The molecule has 1 aliphatic rings. The number of alkyl halides is 2. The fourth-order valence-corrected chi connectivity index (χ4v) is 2.61. The summed E-state index contributed by atoms with van der Waals surface area (Å²) in [6.45, 7) is 0. The average molecular weight is 259 g/mol. The quantitative estimate of drug-likeness (QED) is 0.905. The molecule has 4 nitrogen and oxygen atoms in total. The van der Waals surface area contributed by atoms with Gasteiger partial charge in [-0.1, -0.05) is 0 Å². The van der Waals surface area contributed by atoms with Crippen LogP contribution in [0.15, 0.2) is 6.20 Å². The van der Waals surface area contributed by atoms with Crippen LogP contribution in [0.2, 0.25) is 0 Å². The Morgan fingerprint density at radius 1 is 1.50 bits per heavy atom. The summed E-state index contributed by atoms with van der Waals surface area (Å²) in [5.41, 5.74) is 6.98. The largest absolute Gasteiger partial charge is 0.493 e. The van der Waals surface area contributed by atoms with Gasteiger partial charge in [-0.15, -0.1) is 0 Å². The first-order valence-electron chi connectivity index (χ1n) is 6.14. The van der Waals surface area contributed by atoms with E-state index in [2.05, 4.69) is 5.10 Å². The van der Waals surface area contributed by atoms with Crippen molar-refractivity contribution in [3.8, 4) is 5.75 Å². The van der Waals surface area contributed by atoms with E-state index in [1.54, 1.807) is 25.0 Å². The normalized spacial score (nSPS) is 21.8. The van der Waals surface area contributed by atoms with Crippen LogP contribution in [0, 0.1) is 5.92 Å². The third kappa shape index (κ3) is 2.48. The van der Waals surface area contributed by atoms with Crippen molar-refractivity contribution in [3.05, 3.63) is 11.9 Å². The molecule has 0 spiro atoms. The first-order valence-corrected chi connectivity index (χ1v) is 6.14. The number of halogens is 2. The van der Waals surface area contributed by atoms with E-state index in [1.807, 2.05) is 0 Å². The van der Waals surface area contributed by atoms with Crippen molar-refractivity contribution in [1.29, 1.82) is 0 Å². The molecule has 0 amide bonds. The Morgan fingerprint density at radius 2 is 2.11 bits per heavy atom. The standard InChI is InChI=1S/C12H19F2N3O/c1-17-11(9(18-2)7-16-17)10(15)8-3-5-12(13,14)6-4-8/h7-8,10H,3-6,15H2,1-2H3. The molecule has 1 atom stereocenters. The van der Waals surface area contributed by atoms with Gasteiger partial charge >= 0.3 is 0 Å². The van der Waals surface area contributed by atoms with Crippen molar-refractivity contribution in [2.45, 2.75) is 37.6 Å². The van der Waals surface area contributed by atoms with Crippen molar-refractivity contribution < 1.29 is 13.5 Å². The molecule has 0 aliphatic heterocycles. The van der Waals surface area contributed by atoms with E-state index in [0.717, 1.165) is 5.69 Å². The van der Waals surface area contributed by atoms with E-state index in [9.17, 15) is 8.78 Å². The molecule has 1 fully saturated rings. The molecule has 1 saturated carbocycles. The maximum absolute atomic E-state index is 13.1. The second-order valence-corrected chi connectivity index (χ2v) is 4.94. The van der Waals surface area contributed by atoms with Gasteiger partial charge in [0.2, 0.25) is 5.92 Å². The van der Waals surface area contributed by atoms with Crippen LogP contribution in [0.25, 0.3) is 0 Å². The fourth-order valence-electron chi connectivity index (χ4n) is 2.61. The minimum atomic E-state index is -2.52. The summed E-state index contributed by atoms with van der Waals surface area (Å²) in [6, 6.07) is -0.302. The van der Waals surface area contributed by atoms with E-state index in [1.165, 1.54) is 0 Å². The highest BCUT2D eigenvalue weighted by molar-refractivity contribution is 5.28. The number of hydrogen-bond acceptors (Lipinski definition) is 3. The summed E-state index contributed by atoms with van der Waals surface area (Å²) < 4.78 is 33.1. The zero-order valence-corrected chi connectivity index (χ0v) is 10.7. The second-order valence-electron chi connectivity index (χ2n) is 4.94. The number of nitrogens with zero attached hydrogens (tertiary/aromatic N) is 2. The Morgan fingerprint density at radius 3 is 2.67 bits per heavy atom. The number of methoxy groups -OCH3 is 1. The maximum atomic E-state index is 13.1. The molecule has 6 heteroatoms. The molecule has 2 N–H and O–H groups in total. The number of hydrogen-bond donors (Lipinski definition) is 1. The highest BCUT2D eigenvalue weighted by Gasteiger charge is 2.38. The molecular weight excluding hydrogens is 240 g/mol. The Balaban J connectivity index is 2.12. The molecule has 1 unspecified atom stereocenters. The summed E-state index contributed by atoms with van der Waals surface area (Å²) >= 11 is 0. The number of nitrogens with two attached hydrogens (primary N) is 1. The van der Waals surface area contributed by atoms with Gasteiger partial charge in [-0.25, -0.2) is 8.78 Å². The Kier molecular flexibility index (Phi) is 3.56. The minimum Gasteiger partial charge on any atom is -0.493 e. The molecule has 102 valence electrons. The molecule has 0 bridgehead atoms. The van der Waals surface area contributed by atoms with Crippen LogP contribution in [0.4, 0.5) is 8.78 Å². The Hall–Kier alpha value is -1.17. The van der Waals surface area contributed by atoms with Crippen molar-refractivity contribution in [2.75, 3.05) is 7.11 Å². The van der Waals surface area contributed by atoms with Gasteiger partial charge in [0, 0.05) is 19.9 Å². The average Bonchev–Trinajstić information content (AvgIpc) is 2.69. The second kappa shape index (κ2) is 4.84. The third-order valence-electron chi connectivity index (χ3n) is 3.75. The SMILES string of the molecule is COc1cnn(C)c1C(N)C1CCC(F)(F)CC1. The molecule has 1 heterocycles. The van der Waals surface area contributed by atoms with Gasteiger partial charge in [0.25, 0.3) is 0 Å². The maximum Gasteiger partial charge on any atom is 0.248 e. The van der Waals surface area contributed by atoms with Gasteiger partial charge < -0.3 is 10.5 Å². The predicted molar refractivity (Wildman–Crippen MR) is 63.6 cm³/mol. The number of aryl methyl sites for hydroxylation is 1. The lowest BCUT2D eigenvalue weighted by Gasteiger charge is -2.32. The highest BCUT2D eigenvalue weighted by Crippen LogP contribution is 2.41. The lowest BCUT2D eigenvalue weighted by atomic mass is 9.81. The first-order chi connectivity index (χ1) is 8.44. The van der Waals surface area contributed by atoms with Crippen molar-refractivity contribution in [2.24, 2.45) is 18.7 Å². The molecule has 0 saturated heterocycles. The fraction of sp³-hybridized carbons (Fsp3) is 0.750. The summed E-state index contributed by atoms with van der Waals surface area (Å²) in [5.74, 6) is -1.83. The molecule has 1 aromatic rings. The van der Waals surface area contributed by atoms with Crippen molar-refractivity contribution in [3.63, 3.8) is 0 Å². The topological polar surface area (TPSA) is 53.1 Å². The molecule has 0 radical (unpaired) electrons. The van der Waals surface area contributed by atoms with Gasteiger partial charge in [0.15, 0.2) is 5.75 Å². The summed E-state index contributed by atoms with van der Waals surface area (Å²) in [6.07, 6.45) is 2.34. The van der Waals surface area contributed by atoms with Gasteiger partial charge in [-0.05, 0) is 18.8 Å². The molecule has 1 aromatic heterocycles. The third-order valence-corrected chi connectivity index (χ3v) is 3.75. The molecule has 2 rings (SSSR count). The van der Waals surface area contributed by atoms with Crippen molar-refractivity contribution in [1.82, 2.24) is 9.78 Å². The minimum absolute atomic E-state index is 0.0638. The summed E-state index contributed by atoms with van der Waals surface area (Å²) in [7, 11) is 3.34. The van der Waals surface area contributed by atoms with E-state index in [0.29, 0.717) is 18.6 Å². The van der Waals surface area contributed by atoms with Crippen LogP contribution in [-0.2, 0) is 7.05 Å². The van der Waals surface area contributed by atoms with Crippen LogP contribution < -0.4 is 10.5 Å². The number of ether oxygens (including phenoxy) is 1.